The average molecular weight is 335 g/mol. The van der Waals surface area contributed by atoms with Gasteiger partial charge < -0.3 is 19.7 Å². The maximum absolute atomic E-state index is 12.2. The van der Waals surface area contributed by atoms with Crippen LogP contribution in [-0.2, 0) is 9.47 Å². The van der Waals surface area contributed by atoms with E-state index in [0.29, 0.717) is 38.5 Å². The van der Waals surface area contributed by atoms with Crippen molar-refractivity contribution in [3.05, 3.63) is 33.9 Å². The highest BCUT2D eigenvalue weighted by Gasteiger charge is 2.24. The number of hydrogen-bond donors (Lipinski definition) is 1. The van der Waals surface area contributed by atoms with Crippen LogP contribution in [0.3, 0.4) is 0 Å². The molecular weight excluding hydrogens is 314 g/mol. The number of anilines is 1. The van der Waals surface area contributed by atoms with Gasteiger partial charge in [-0.2, -0.15) is 0 Å². The van der Waals surface area contributed by atoms with Gasteiger partial charge in [-0.3, -0.25) is 14.9 Å². The summed E-state index contributed by atoms with van der Waals surface area (Å²) in [5.41, 5.74) is 0.761. The van der Waals surface area contributed by atoms with Crippen LogP contribution in [0.1, 0.15) is 23.2 Å². The average Bonchev–Trinajstić information content (AvgIpc) is 3.13. The minimum Gasteiger partial charge on any atom is -0.378 e. The van der Waals surface area contributed by atoms with Crippen molar-refractivity contribution in [2.75, 3.05) is 44.4 Å². The van der Waals surface area contributed by atoms with E-state index in [2.05, 4.69) is 5.32 Å². The highest BCUT2D eigenvalue weighted by molar-refractivity contribution is 5.95. The van der Waals surface area contributed by atoms with Gasteiger partial charge in [0.2, 0.25) is 0 Å². The Labute approximate surface area is 139 Å². The van der Waals surface area contributed by atoms with Crippen LogP contribution < -0.4 is 10.2 Å². The van der Waals surface area contributed by atoms with E-state index in [4.69, 9.17) is 9.47 Å². The van der Waals surface area contributed by atoms with Crippen LogP contribution in [0, 0.1) is 10.1 Å². The number of hydrogen-bond acceptors (Lipinski definition) is 6. The standard InChI is InChI=1S/C16H21N3O5/c20-16(17-11-13-2-1-7-24-13)12-3-4-14(15(10-12)19(21)22)18-5-8-23-9-6-18/h3-4,10,13H,1-2,5-9,11H2,(H,17,20). The van der Waals surface area contributed by atoms with Gasteiger partial charge in [-0.05, 0) is 25.0 Å². The predicted octanol–water partition coefficient (Wildman–Crippen LogP) is 1.34. The van der Waals surface area contributed by atoms with Gasteiger partial charge >= 0.3 is 0 Å². The maximum Gasteiger partial charge on any atom is 0.293 e. The maximum atomic E-state index is 12.2. The summed E-state index contributed by atoms with van der Waals surface area (Å²) >= 11 is 0. The zero-order chi connectivity index (χ0) is 16.9. The second kappa shape index (κ2) is 7.59. The van der Waals surface area contributed by atoms with Crippen LogP contribution in [0.4, 0.5) is 11.4 Å². The number of nitro benzene ring substituents is 1. The van der Waals surface area contributed by atoms with Crippen LogP contribution in [0.15, 0.2) is 18.2 Å². The summed E-state index contributed by atoms with van der Waals surface area (Å²) < 4.78 is 10.7. The van der Waals surface area contributed by atoms with Gasteiger partial charge in [0.1, 0.15) is 5.69 Å². The molecule has 1 N–H and O–H groups in total. The third-order valence-electron chi connectivity index (χ3n) is 4.30. The molecule has 0 bridgehead atoms. The molecule has 0 aliphatic carbocycles. The Morgan fingerprint density at radius 1 is 1.33 bits per heavy atom. The van der Waals surface area contributed by atoms with Gasteiger partial charge in [0.25, 0.3) is 11.6 Å². The first-order valence-corrected chi connectivity index (χ1v) is 8.16. The molecule has 8 heteroatoms. The number of amides is 1. The zero-order valence-electron chi connectivity index (χ0n) is 13.4. The smallest absolute Gasteiger partial charge is 0.293 e. The van der Waals surface area contributed by atoms with E-state index < -0.39 is 4.92 Å². The van der Waals surface area contributed by atoms with Gasteiger partial charge in [0.05, 0.1) is 24.2 Å². The number of nitrogens with one attached hydrogen (secondary N) is 1. The lowest BCUT2D eigenvalue weighted by atomic mass is 10.1. The number of benzene rings is 1. The molecule has 2 saturated heterocycles. The molecule has 0 saturated carbocycles. The largest absolute Gasteiger partial charge is 0.378 e. The van der Waals surface area contributed by atoms with Gasteiger partial charge in [0, 0.05) is 37.9 Å². The summed E-state index contributed by atoms with van der Waals surface area (Å²) in [5.74, 6) is -0.317. The van der Waals surface area contributed by atoms with Crippen LogP contribution >= 0.6 is 0 Å². The summed E-state index contributed by atoms with van der Waals surface area (Å²) in [6, 6.07) is 4.61. The Morgan fingerprint density at radius 3 is 2.79 bits per heavy atom. The number of nitro groups is 1. The Bertz CT molecular complexity index is 610. The van der Waals surface area contributed by atoms with Crippen molar-refractivity contribution in [2.45, 2.75) is 18.9 Å². The molecule has 0 spiro atoms. The van der Waals surface area contributed by atoms with Crippen molar-refractivity contribution >= 4 is 17.3 Å². The Kier molecular flexibility index (Phi) is 5.27. The first-order chi connectivity index (χ1) is 11.6. The van der Waals surface area contributed by atoms with E-state index >= 15 is 0 Å². The Morgan fingerprint density at radius 2 is 2.12 bits per heavy atom. The Hall–Kier alpha value is -2.19. The number of carbonyl (C=O) groups is 1. The summed E-state index contributed by atoms with van der Waals surface area (Å²) in [5, 5.41) is 14.2. The second-order valence-electron chi connectivity index (χ2n) is 5.91. The molecule has 8 nitrogen and oxygen atoms in total. The van der Waals surface area contributed by atoms with Crippen LogP contribution in [0.25, 0.3) is 0 Å². The molecule has 1 amide bonds. The molecule has 3 rings (SSSR count). The summed E-state index contributed by atoms with van der Waals surface area (Å²) in [4.78, 5) is 25.1. The summed E-state index contributed by atoms with van der Waals surface area (Å²) in [7, 11) is 0. The van der Waals surface area contributed by atoms with E-state index in [0.717, 1.165) is 19.4 Å². The van der Waals surface area contributed by atoms with E-state index in [1.807, 2.05) is 4.90 Å². The SMILES string of the molecule is O=C(NCC1CCCO1)c1ccc(N2CCOCC2)c([N+](=O)[O-])c1. The van der Waals surface area contributed by atoms with Crippen molar-refractivity contribution in [2.24, 2.45) is 0 Å². The summed E-state index contributed by atoms with van der Waals surface area (Å²) in [6.45, 7) is 3.44. The predicted molar refractivity (Wildman–Crippen MR) is 87.4 cm³/mol. The van der Waals surface area contributed by atoms with Crippen molar-refractivity contribution in [1.29, 1.82) is 0 Å². The lowest BCUT2D eigenvalue weighted by molar-refractivity contribution is -0.384. The van der Waals surface area contributed by atoms with Crippen molar-refractivity contribution in [3.8, 4) is 0 Å². The normalized spacial score (nSPS) is 20.8. The fourth-order valence-electron chi connectivity index (χ4n) is 3.00. The molecule has 2 fully saturated rings. The fourth-order valence-corrected chi connectivity index (χ4v) is 3.00. The Balaban J connectivity index is 1.72. The lowest BCUT2D eigenvalue weighted by Gasteiger charge is -2.28. The number of rotatable bonds is 5. The van der Waals surface area contributed by atoms with E-state index in [1.165, 1.54) is 6.07 Å². The number of carbonyl (C=O) groups excluding carboxylic acids is 1. The van der Waals surface area contributed by atoms with Crippen LogP contribution in [0.5, 0.6) is 0 Å². The first kappa shape index (κ1) is 16.7. The van der Waals surface area contributed by atoms with E-state index in [1.54, 1.807) is 12.1 Å². The third kappa shape index (κ3) is 3.82. The van der Waals surface area contributed by atoms with Crippen molar-refractivity contribution in [3.63, 3.8) is 0 Å². The van der Waals surface area contributed by atoms with Crippen LogP contribution in [0.2, 0.25) is 0 Å². The van der Waals surface area contributed by atoms with Gasteiger partial charge in [-0.15, -0.1) is 0 Å². The van der Waals surface area contributed by atoms with E-state index in [-0.39, 0.29) is 23.3 Å². The number of morpholine rings is 1. The van der Waals surface area contributed by atoms with E-state index in [9.17, 15) is 14.9 Å². The number of ether oxygens (including phenoxy) is 2. The highest BCUT2D eigenvalue weighted by atomic mass is 16.6. The molecule has 1 aromatic carbocycles. The van der Waals surface area contributed by atoms with Crippen molar-refractivity contribution in [1.82, 2.24) is 5.32 Å². The molecule has 1 atom stereocenters. The lowest BCUT2D eigenvalue weighted by Crippen LogP contribution is -2.36. The molecule has 130 valence electrons. The molecule has 1 unspecified atom stereocenters. The van der Waals surface area contributed by atoms with Gasteiger partial charge in [-0.1, -0.05) is 0 Å². The number of nitrogens with zero attached hydrogens (tertiary/aromatic N) is 2. The molecule has 0 radical (unpaired) electrons. The second-order valence-corrected chi connectivity index (χ2v) is 5.91. The van der Waals surface area contributed by atoms with Crippen molar-refractivity contribution < 1.29 is 19.2 Å². The first-order valence-electron chi connectivity index (χ1n) is 8.16. The highest BCUT2D eigenvalue weighted by Crippen LogP contribution is 2.30. The molecule has 2 aliphatic heterocycles. The fraction of sp³-hybridized carbons (Fsp3) is 0.562. The third-order valence-corrected chi connectivity index (χ3v) is 4.30. The molecule has 2 heterocycles. The minimum absolute atomic E-state index is 0.0385. The van der Waals surface area contributed by atoms with Crippen LogP contribution in [-0.4, -0.2) is 56.4 Å². The minimum atomic E-state index is -0.443. The monoisotopic (exact) mass is 335 g/mol. The van der Waals surface area contributed by atoms with Gasteiger partial charge in [0.15, 0.2) is 0 Å². The molecule has 1 aromatic rings. The molecule has 2 aliphatic rings. The molecular formula is C16H21N3O5. The van der Waals surface area contributed by atoms with Gasteiger partial charge in [-0.25, -0.2) is 0 Å². The molecule has 24 heavy (non-hydrogen) atoms. The topological polar surface area (TPSA) is 93.9 Å². The summed E-state index contributed by atoms with van der Waals surface area (Å²) in [6.07, 6.45) is 1.97. The quantitative estimate of drug-likeness (QED) is 0.645. The zero-order valence-corrected chi connectivity index (χ0v) is 13.4. The molecule has 0 aromatic heterocycles.